The summed E-state index contributed by atoms with van der Waals surface area (Å²) in [7, 11) is 0. The average molecular weight is 477 g/mol. The van der Waals surface area contributed by atoms with E-state index in [-0.39, 0.29) is 0 Å². The molecule has 2 aliphatic carbocycles. The molecule has 0 aromatic heterocycles. The zero-order chi connectivity index (χ0) is 24.8. The molecule has 34 heavy (non-hydrogen) atoms. The zero-order valence-corrected chi connectivity index (χ0v) is 23.2. The molecule has 0 heterocycles. The number of rotatable bonds is 15. The van der Waals surface area contributed by atoms with Crippen LogP contribution in [0.2, 0.25) is 0 Å². The number of hydrogen-bond acceptors (Lipinski definition) is 2. The fourth-order valence-electron chi connectivity index (χ4n) is 6.42. The van der Waals surface area contributed by atoms with E-state index in [2.05, 4.69) is 37.5 Å². The normalized spacial score (nSPS) is 17.9. The van der Waals surface area contributed by atoms with E-state index in [1.54, 1.807) is 0 Å². The molecule has 2 saturated carbocycles. The molecule has 4 nitrogen and oxygen atoms in total. The van der Waals surface area contributed by atoms with Crippen LogP contribution in [0, 0.1) is 0 Å². The first-order chi connectivity index (χ1) is 16.4. The van der Waals surface area contributed by atoms with Crippen LogP contribution in [0.1, 0.15) is 156 Å². The lowest BCUT2D eigenvalue weighted by Gasteiger charge is -2.37. The molecule has 0 aromatic rings. The molecule has 198 valence electrons. The number of hydrogen-bond donors (Lipinski definition) is 0. The molecule has 0 radical (unpaired) electrons. The van der Waals surface area contributed by atoms with Crippen molar-refractivity contribution in [3.05, 3.63) is 0 Å². The van der Waals surface area contributed by atoms with Crippen LogP contribution in [-0.2, 0) is 9.59 Å². The SMILES string of the molecule is CC(C)N(C(=O)CCCCCCCCCCC(=O)N(C(C)C)C1CCCCC1)C1CCCCC1. The van der Waals surface area contributed by atoms with Gasteiger partial charge in [0.2, 0.25) is 11.8 Å². The average Bonchev–Trinajstić information content (AvgIpc) is 2.81. The smallest absolute Gasteiger partial charge is 0.223 e. The topological polar surface area (TPSA) is 40.6 Å². The maximum Gasteiger partial charge on any atom is 0.223 e. The van der Waals surface area contributed by atoms with Gasteiger partial charge in [0.25, 0.3) is 0 Å². The van der Waals surface area contributed by atoms with Crippen molar-refractivity contribution in [1.29, 1.82) is 0 Å². The molecule has 0 aliphatic heterocycles. The van der Waals surface area contributed by atoms with Gasteiger partial charge in [-0.2, -0.15) is 0 Å². The van der Waals surface area contributed by atoms with Gasteiger partial charge in [-0.15, -0.1) is 0 Å². The fraction of sp³-hybridized carbons (Fsp3) is 0.933. The number of nitrogens with zero attached hydrogens (tertiary/aromatic N) is 2. The second kappa shape index (κ2) is 16.6. The number of carbonyl (C=O) groups excluding carboxylic acids is 2. The van der Waals surface area contributed by atoms with E-state index in [1.165, 1.54) is 103 Å². The Morgan fingerprint density at radius 3 is 1.12 bits per heavy atom. The van der Waals surface area contributed by atoms with Crippen molar-refractivity contribution in [3.8, 4) is 0 Å². The van der Waals surface area contributed by atoms with Gasteiger partial charge >= 0.3 is 0 Å². The first kappa shape index (κ1) is 29.2. The highest BCUT2D eigenvalue weighted by Crippen LogP contribution is 2.26. The fourth-order valence-corrected chi connectivity index (χ4v) is 6.42. The van der Waals surface area contributed by atoms with Crippen LogP contribution >= 0.6 is 0 Å². The van der Waals surface area contributed by atoms with Crippen molar-refractivity contribution in [2.45, 2.75) is 180 Å². The summed E-state index contributed by atoms with van der Waals surface area (Å²) >= 11 is 0. The van der Waals surface area contributed by atoms with Crippen LogP contribution in [0.5, 0.6) is 0 Å². The Labute approximate surface area is 211 Å². The highest BCUT2D eigenvalue weighted by Gasteiger charge is 2.28. The Hall–Kier alpha value is -1.06. The van der Waals surface area contributed by atoms with Gasteiger partial charge in [0, 0.05) is 37.0 Å². The Morgan fingerprint density at radius 2 is 0.824 bits per heavy atom. The predicted octanol–water partition coefficient (Wildman–Crippen LogP) is 8.03. The molecule has 2 amide bonds. The van der Waals surface area contributed by atoms with E-state index in [0.717, 1.165) is 25.7 Å². The lowest BCUT2D eigenvalue weighted by Crippen LogP contribution is -2.45. The maximum atomic E-state index is 12.8. The van der Waals surface area contributed by atoms with E-state index in [4.69, 9.17) is 0 Å². The highest BCUT2D eigenvalue weighted by molar-refractivity contribution is 5.77. The Bertz CT molecular complexity index is 512. The van der Waals surface area contributed by atoms with Crippen LogP contribution in [0.15, 0.2) is 0 Å². The van der Waals surface area contributed by atoms with Crippen LogP contribution in [0.3, 0.4) is 0 Å². The minimum absolute atomic E-state index is 0.331. The van der Waals surface area contributed by atoms with E-state index >= 15 is 0 Å². The Morgan fingerprint density at radius 1 is 0.529 bits per heavy atom. The van der Waals surface area contributed by atoms with Gasteiger partial charge in [-0.3, -0.25) is 9.59 Å². The van der Waals surface area contributed by atoms with Crippen molar-refractivity contribution < 1.29 is 9.59 Å². The van der Waals surface area contributed by atoms with Gasteiger partial charge in [-0.1, -0.05) is 77.0 Å². The first-order valence-electron chi connectivity index (χ1n) is 15.0. The van der Waals surface area contributed by atoms with Crippen LogP contribution in [0.25, 0.3) is 0 Å². The summed E-state index contributed by atoms with van der Waals surface area (Å²) in [6.07, 6.45) is 23.5. The second-order valence-electron chi connectivity index (χ2n) is 11.7. The summed E-state index contributed by atoms with van der Waals surface area (Å²) in [6.45, 7) is 8.71. The molecule has 4 heteroatoms. The van der Waals surface area contributed by atoms with Crippen molar-refractivity contribution in [3.63, 3.8) is 0 Å². The largest absolute Gasteiger partial charge is 0.337 e. The lowest BCUT2D eigenvalue weighted by molar-refractivity contribution is -0.137. The number of amides is 2. The minimum atomic E-state index is 0.331. The summed E-state index contributed by atoms with van der Waals surface area (Å²) < 4.78 is 0. The molecule has 2 rings (SSSR count). The molecular formula is C30H56N2O2. The molecule has 0 atom stereocenters. The molecule has 0 bridgehead atoms. The number of unbranched alkanes of at least 4 members (excludes halogenated alkanes) is 7. The number of carbonyl (C=O) groups is 2. The predicted molar refractivity (Wildman–Crippen MR) is 144 cm³/mol. The third-order valence-electron chi connectivity index (χ3n) is 8.16. The van der Waals surface area contributed by atoms with Gasteiger partial charge in [-0.05, 0) is 66.2 Å². The zero-order valence-electron chi connectivity index (χ0n) is 23.2. The summed E-state index contributed by atoms with van der Waals surface area (Å²) in [5.41, 5.74) is 0. The van der Waals surface area contributed by atoms with Crippen LogP contribution in [-0.4, -0.2) is 45.8 Å². The summed E-state index contributed by atoms with van der Waals surface area (Å²) in [4.78, 5) is 30.1. The molecule has 2 fully saturated rings. The van der Waals surface area contributed by atoms with Crippen molar-refractivity contribution >= 4 is 11.8 Å². The highest BCUT2D eigenvalue weighted by atomic mass is 16.2. The van der Waals surface area contributed by atoms with Crippen LogP contribution in [0.4, 0.5) is 0 Å². The van der Waals surface area contributed by atoms with E-state index < -0.39 is 0 Å². The van der Waals surface area contributed by atoms with Crippen molar-refractivity contribution in [1.82, 2.24) is 9.80 Å². The Balaban J connectivity index is 1.50. The molecule has 0 spiro atoms. The third-order valence-corrected chi connectivity index (χ3v) is 8.16. The molecular weight excluding hydrogens is 420 g/mol. The first-order valence-corrected chi connectivity index (χ1v) is 15.0. The molecule has 0 N–H and O–H groups in total. The summed E-state index contributed by atoms with van der Waals surface area (Å²) in [5, 5.41) is 0. The van der Waals surface area contributed by atoms with Gasteiger partial charge in [-0.25, -0.2) is 0 Å². The minimum Gasteiger partial charge on any atom is -0.337 e. The second-order valence-corrected chi connectivity index (χ2v) is 11.7. The molecule has 0 saturated heterocycles. The maximum absolute atomic E-state index is 12.8. The third kappa shape index (κ3) is 10.3. The van der Waals surface area contributed by atoms with E-state index in [0.29, 0.717) is 36.0 Å². The molecule has 2 aliphatic rings. The quantitative estimate of drug-likeness (QED) is 0.224. The van der Waals surface area contributed by atoms with Crippen molar-refractivity contribution in [2.24, 2.45) is 0 Å². The summed E-state index contributed by atoms with van der Waals surface area (Å²) in [5.74, 6) is 0.769. The van der Waals surface area contributed by atoms with E-state index in [9.17, 15) is 9.59 Å². The van der Waals surface area contributed by atoms with Gasteiger partial charge in [0.05, 0.1) is 0 Å². The molecule has 0 aromatic carbocycles. The van der Waals surface area contributed by atoms with Gasteiger partial charge in [0.15, 0.2) is 0 Å². The Kier molecular flexibility index (Phi) is 14.2. The van der Waals surface area contributed by atoms with Gasteiger partial charge < -0.3 is 9.80 Å². The van der Waals surface area contributed by atoms with Gasteiger partial charge in [0.1, 0.15) is 0 Å². The standard InChI is InChI=1S/C30H56N2O2/c1-25(2)31(27-19-13-11-14-20-27)29(33)23-17-9-7-5-6-8-10-18-24-30(34)32(26(3)4)28-21-15-12-16-22-28/h25-28H,5-24H2,1-4H3. The van der Waals surface area contributed by atoms with Crippen LogP contribution < -0.4 is 0 Å². The van der Waals surface area contributed by atoms with Crippen molar-refractivity contribution in [2.75, 3.05) is 0 Å². The summed E-state index contributed by atoms with van der Waals surface area (Å²) in [6, 6.07) is 1.64. The monoisotopic (exact) mass is 476 g/mol. The lowest BCUT2D eigenvalue weighted by atomic mass is 9.93. The van der Waals surface area contributed by atoms with E-state index in [1.807, 2.05) is 0 Å². The molecule has 0 unspecified atom stereocenters.